The summed E-state index contributed by atoms with van der Waals surface area (Å²) in [5, 5.41) is 9.30. The quantitative estimate of drug-likeness (QED) is 0.900. The van der Waals surface area contributed by atoms with E-state index in [-0.39, 0.29) is 5.91 Å². The Bertz CT molecular complexity index is 695. The minimum atomic E-state index is 0.0104. The molecule has 6 heteroatoms. The van der Waals surface area contributed by atoms with Gasteiger partial charge < -0.3 is 10.6 Å². The number of thiazole rings is 1. The summed E-state index contributed by atoms with van der Waals surface area (Å²) < 4.78 is 0. The third-order valence-corrected chi connectivity index (χ3v) is 4.76. The average Bonchev–Trinajstić information content (AvgIpc) is 2.91. The van der Waals surface area contributed by atoms with Crippen molar-refractivity contribution in [2.45, 2.75) is 39.8 Å². The summed E-state index contributed by atoms with van der Waals surface area (Å²) in [4.78, 5) is 20.9. The highest BCUT2D eigenvalue weighted by atomic mass is 32.1. The number of hydrogen-bond donors (Lipinski definition) is 2. The number of nitrogens with one attached hydrogen (secondary N) is 2. The van der Waals surface area contributed by atoms with E-state index in [2.05, 4.69) is 20.6 Å². The third-order valence-electron chi connectivity index (χ3n) is 3.94. The molecule has 0 saturated heterocycles. The number of aryl methyl sites for hydroxylation is 2. The smallest absolute Gasteiger partial charge is 0.226 e. The number of amides is 1. The fourth-order valence-electron chi connectivity index (χ4n) is 2.78. The summed E-state index contributed by atoms with van der Waals surface area (Å²) in [6.45, 7) is 6.35. The summed E-state index contributed by atoms with van der Waals surface area (Å²) in [5.74, 6) is 0.0104. The Balaban J connectivity index is 1.67. The topological polar surface area (TPSA) is 66.9 Å². The number of rotatable bonds is 4. The van der Waals surface area contributed by atoms with Crippen LogP contribution >= 0.6 is 11.3 Å². The molecule has 0 spiro atoms. The highest BCUT2D eigenvalue weighted by molar-refractivity contribution is 7.09. The number of nitrogens with zero attached hydrogens (tertiary/aromatic N) is 2. The summed E-state index contributed by atoms with van der Waals surface area (Å²) in [6.07, 6.45) is 3.28. The fraction of sp³-hybridized carbons (Fsp3) is 0.438. The highest BCUT2D eigenvalue weighted by Crippen LogP contribution is 2.20. The van der Waals surface area contributed by atoms with Gasteiger partial charge in [-0.15, -0.1) is 11.3 Å². The Morgan fingerprint density at radius 3 is 3.09 bits per heavy atom. The van der Waals surface area contributed by atoms with Crippen LogP contribution < -0.4 is 10.6 Å². The van der Waals surface area contributed by atoms with Crippen molar-refractivity contribution >= 4 is 17.2 Å². The summed E-state index contributed by atoms with van der Waals surface area (Å²) in [6, 6.07) is 0. The first-order valence-electron chi connectivity index (χ1n) is 7.48. The third kappa shape index (κ3) is 3.34. The van der Waals surface area contributed by atoms with E-state index < -0.39 is 0 Å². The van der Waals surface area contributed by atoms with Crippen molar-refractivity contribution in [1.82, 2.24) is 20.6 Å². The van der Waals surface area contributed by atoms with Gasteiger partial charge in [-0.05, 0) is 43.5 Å². The second kappa shape index (κ2) is 6.54. The van der Waals surface area contributed by atoms with E-state index in [1.54, 1.807) is 11.3 Å². The number of fused-ring (bicyclic) bond motifs is 1. The summed E-state index contributed by atoms with van der Waals surface area (Å²) in [5.41, 5.74) is 5.61. The van der Waals surface area contributed by atoms with Gasteiger partial charge in [-0.2, -0.15) is 0 Å². The van der Waals surface area contributed by atoms with Gasteiger partial charge in [0.15, 0.2) is 0 Å². The van der Waals surface area contributed by atoms with E-state index in [0.29, 0.717) is 13.0 Å². The van der Waals surface area contributed by atoms with Gasteiger partial charge in [-0.3, -0.25) is 9.78 Å². The van der Waals surface area contributed by atoms with Gasteiger partial charge in [0, 0.05) is 30.4 Å². The SMILES string of the molecule is Cc1nc(CC(=O)NCc2c(C)ncc3c2CCNC3)cs1. The van der Waals surface area contributed by atoms with Crippen LogP contribution in [0.15, 0.2) is 11.6 Å². The summed E-state index contributed by atoms with van der Waals surface area (Å²) >= 11 is 1.57. The van der Waals surface area contributed by atoms with Crippen LogP contribution in [0.2, 0.25) is 0 Å². The molecule has 2 aromatic heterocycles. The van der Waals surface area contributed by atoms with Gasteiger partial charge in [0.1, 0.15) is 0 Å². The van der Waals surface area contributed by atoms with Crippen LogP contribution in [-0.4, -0.2) is 22.4 Å². The molecule has 1 amide bonds. The van der Waals surface area contributed by atoms with Crippen molar-refractivity contribution in [3.8, 4) is 0 Å². The number of pyridine rings is 1. The lowest BCUT2D eigenvalue weighted by atomic mass is 9.96. The van der Waals surface area contributed by atoms with Crippen LogP contribution in [0, 0.1) is 13.8 Å². The second-order valence-electron chi connectivity index (χ2n) is 5.56. The molecule has 0 radical (unpaired) electrons. The van der Waals surface area contributed by atoms with Crippen molar-refractivity contribution in [2.75, 3.05) is 6.54 Å². The molecular formula is C16H20N4OS. The van der Waals surface area contributed by atoms with Crippen molar-refractivity contribution < 1.29 is 4.79 Å². The van der Waals surface area contributed by atoms with Gasteiger partial charge in [0.25, 0.3) is 0 Å². The van der Waals surface area contributed by atoms with Crippen molar-refractivity contribution in [3.05, 3.63) is 44.7 Å². The molecule has 2 aromatic rings. The Morgan fingerprint density at radius 1 is 1.45 bits per heavy atom. The molecule has 0 unspecified atom stereocenters. The Kier molecular flexibility index (Phi) is 4.49. The minimum Gasteiger partial charge on any atom is -0.352 e. The number of hydrogen-bond acceptors (Lipinski definition) is 5. The maximum atomic E-state index is 12.1. The predicted molar refractivity (Wildman–Crippen MR) is 86.8 cm³/mol. The zero-order chi connectivity index (χ0) is 15.5. The second-order valence-corrected chi connectivity index (χ2v) is 6.63. The van der Waals surface area contributed by atoms with Crippen LogP contribution in [0.25, 0.3) is 0 Å². The lowest BCUT2D eigenvalue weighted by Gasteiger charge is -2.21. The first-order valence-corrected chi connectivity index (χ1v) is 8.36. The maximum Gasteiger partial charge on any atom is 0.226 e. The number of aromatic nitrogens is 2. The molecule has 3 rings (SSSR count). The molecular weight excluding hydrogens is 296 g/mol. The van der Waals surface area contributed by atoms with Gasteiger partial charge in [-0.1, -0.05) is 0 Å². The minimum absolute atomic E-state index is 0.0104. The summed E-state index contributed by atoms with van der Waals surface area (Å²) in [7, 11) is 0. The van der Waals surface area contributed by atoms with Crippen molar-refractivity contribution in [2.24, 2.45) is 0 Å². The molecule has 1 aliphatic rings. The first-order chi connectivity index (χ1) is 10.6. The maximum absolute atomic E-state index is 12.1. The number of carbonyl (C=O) groups is 1. The average molecular weight is 316 g/mol. The van der Waals surface area contributed by atoms with Crippen LogP contribution in [0.5, 0.6) is 0 Å². The van der Waals surface area contributed by atoms with Gasteiger partial charge in [0.05, 0.1) is 17.1 Å². The highest BCUT2D eigenvalue weighted by Gasteiger charge is 2.16. The molecule has 116 valence electrons. The Morgan fingerprint density at radius 2 is 2.32 bits per heavy atom. The molecule has 22 heavy (non-hydrogen) atoms. The number of carbonyl (C=O) groups excluding carboxylic acids is 1. The van der Waals surface area contributed by atoms with Gasteiger partial charge in [0.2, 0.25) is 5.91 Å². The molecule has 5 nitrogen and oxygen atoms in total. The van der Waals surface area contributed by atoms with Crippen molar-refractivity contribution in [3.63, 3.8) is 0 Å². The van der Waals surface area contributed by atoms with E-state index in [4.69, 9.17) is 0 Å². The zero-order valence-electron chi connectivity index (χ0n) is 12.9. The first kappa shape index (κ1) is 15.1. The standard InChI is InChI=1S/C16H20N4OS/c1-10-15(14-3-4-17-6-12(14)7-18-10)8-19-16(21)5-13-9-22-11(2)20-13/h7,9,17H,3-6,8H2,1-2H3,(H,19,21). The van der Waals surface area contributed by atoms with Crippen LogP contribution in [0.3, 0.4) is 0 Å². The monoisotopic (exact) mass is 316 g/mol. The lowest BCUT2D eigenvalue weighted by Crippen LogP contribution is -2.29. The molecule has 0 atom stereocenters. The normalized spacial score (nSPS) is 13.7. The van der Waals surface area contributed by atoms with E-state index >= 15 is 0 Å². The molecule has 0 aliphatic carbocycles. The molecule has 0 aromatic carbocycles. The van der Waals surface area contributed by atoms with Crippen LogP contribution in [0.1, 0.15) is 33.1 Å². The largest absolute Gasteiger partial charge is 0.352 e. The van der Waals surface area contributed by atoms with E-state index in [0.717, 1.165) is 35.9 Å². The predicted octanol–water partition coefficient (Wildman–Crippen LogP) is 1.66. The zero-order valence-corrected chi connectivity index (χ0v) is 13.7. The van der Waals surface area contributed by atoms with E-state index in [9.17, 15) is 4.79 Å². The van der Waals surface area contributed by atoms with Crippen LogP contribution in [0.4, 0.5) is 0 Å². The van der Waals surface area contributed by atoms with Gasteiger partial charge in [-0.25, -0.2) is 4.98 Å². The lowest BCUT2D eigenvalue weighted by molar-refractivity contribution is -0.120. The van der Waals surface area contributed by atoms with Crippen LogP contribution in [-0.2, 0) is 30.7 Å². The Labute approximate surface area is 134 Å². The molecule has 0 fully saturated rings. The molecule has 3 heterocycles. The fourth-order valence-corrected chi connectivity index (χ4v) is 3.39. The van der Waals surface area contributed by atoms with Crippen molar-refractivity contribution in [1.29, 1.82) is 0 Å². The Hall–Kier alpha value is -1.79. The molecule has 0 bridgehead atoms. The van der Waals surface area contributed by atoms with E-state index in [1.165, 1.54) is 16.7 Å². The van der Waals surface area contributed by atoms with Gasteiger partial charge >= 0.3 is 0 Å². The molecule has 2 N–H and O–H groups in total. The molecule has 0 saturated carbocycles. The molecule has 1 aliphatic heterocycles. The van der Waals surface area contributed by atoms with E-state index in [1.807, 2.05) is 25.4 Å².